The zero-order chi connectivity index (χ0) is 18.4. The van der Waals surface area contributed by atoms with Gasteiger partial charge in [0.1, 0.15) is 16.3 Å². The number of hydrogen-bond acceptors (Lipinski definition) is 4. The number of aromatic nitrogens is 6. The lowest BCUT2D eigenvalue weighted by molar-refractivity contribution is 0.736. The maximum atomic E-state index is 12.7. The fourth-order valence-corrected chi connectivity index (χ4v) is 3.66. The second kappa shape index (κ2) is 6.21. The first-order valence-electron chi connectivity index (χ1n) is 8.14. The summed E-state index contributed by atoms with van der Waals surface area (Å²) in [6.45, 7) is 4.45. The number of nitrogens with zero attached hydrogens (tertiary/aromatic N) is 6. The Balaban J connectivity index is 1.67. The minimum Gasteiger partial charge on any atom is -0.294 e. The molecule has 8 heteroatoms. The third kappa shape index (κ3) is 2.76. The standard InChI is InChI=1S/C18H17BrN6O/c1-11-8-12(2)25(21-11)14-6-4-13(5-7-14)9-24-10-20-17-15(18(24)26)16(19)22-23(17)3/h4-8,10H,9H2,1-3H3. The third-order valence-electron chi connectivity index (χ3n) is 4.31. The molecule has 26 heavy (non-hydrogen) atoms. The van der Waals surface area contributed by atoms with Crippen LogP contribution in [0, 0.1) is 13.8 Å². The van der Waals surface area contributed by atoms with Gasteiger partial charge in [0.05, 0.1) is 17.9 Å². The van der Waals surface area contributed by atoms with Crippen molar-refractivity contribution in [3.63, 3.8) is 0 Å². The summed E-state index contributed by atoms with van der Waals surface area (Å²) in [4.78, 5) is 17.1. The number of fused-ring (bicyclic) bond motifs is 1. The second-order valence-corrected chi connectivity index (χ2v) is 7.05. The molecule has 0 aliphatic carbocycles. The van der Waals surface area contributed by atoms with E-state index in [2.05, 4.69) is 31.1 Å². The maximum absolute atomic E-state index is 12.7. The van der Waals surface area contributed by atoms with Crippen LogP contribution in [0.15, 0.2) is 46.1 Å². The first kappa shape index (κ1) is 16.7. The lowest BCUT2D eigenvalue weighted by atomic mass is 10.2. The number of aryl methyl sites for hydroxylation is 3. The van der Waals surface area contributed by atoms with Crippen LogP contribution >= 0.6 is 15.9 Å². The molecule has 7 nitrogen and oxygen atoms in total. The molecule has 4 aromatic rings. The average Bonchev–Trinajstić information content (AvgIpc) is 3.09. The molecule has 0 unspecified atom stereocenters. The van der Waals surface area contributed by atoms with Crippen LogP contribution in [0.1, 0.15) is 17.0 Å². The predicted octanol–water partition coefficient (Wildman–Crippen LogP) is 2.74. The van der Waals surface area contributed by atoms with Crippen LogP contribution in [0.3, 0.4) is 0 Å². The van der Waals surface area contributed by atoms with Crippen molar-refractivity contribution in [3.05, 3.63) is 68.6 Å². The van der Waals surface area contributed by atoms with E-state index in [4.69, 9.17) is 0 Å². The van der Waals surface area contributed by atoms with E-state index in [-0.39, 0.29) is 5.56 Å². The third-order valence-corrected chi connectivity index (χ3v) is 4.87. The van der Waals surface area contributed by atoms with Gasteiger partial charge in [-0.2, -0.15) is 10.2 Å². The molecule has 1 aromatic carbocycles. The zero-order valence-corrected chi connectivity index (χ0v) is 16.2. The van der Waals surface area contributed by atoms with E-state index >= 15 is 0 Å². The van der Waals surface area contributed by atoms with Crippen molar-refractivity contribution in [1.29, 1.82) is 0 Å². The highest BCUT2D eigenvalue weighted by Crippen LogP contribution is 2.17. The van der Waals surface area contributed by atoms with Gasteiger partial charge in [-0.25, -0.2) is 14.3 Å². The van der Waals surface area contributed by atoms with Crippen LogP contribution in [-0.2, 0) is 13.6 Å². The van der Waals surface area contributed by atoms with E-state index < -0.39 is 0 Å². The SMILES string of the molecule is Cc1cc(C)n(-c2ccc(Cn3cnc4c(c(Br)nn4C)c3=O)cc2)n1. The molecule has 0 bridgehead atoms. The fraction of sp³-hybridized carbons (Fsp3) is 0.222. The Kier molecular flexibility index (Phi) is 3.99. The minimum atomic E-state index is -0.113. The van der Waals surface area contributed by atoms with Crippen molar-refractivity contribution in [1.82, 2.24) is 29.1 Å². The molecule has 0 saturated heterocycles. The van der Waals surface area contributed by atoms with Crippen LogP contribution in [0.25, 0.3) is 16.7 Å². The van der Waals surface area contributed by atoms with Crippen molar-refractivity contribution in [2.75, 3.05) is 0 Å². The monoisotopic (exact) mass is 412 g/mol. The van der Waals surface area contributed by atoms with Gasteiger partial charge in [-0.15, -0.1) is 0 Å². The Hall–Kier alpha value is -2.74. The van der Waals surface area contributed by atoms with Gasteiger partial charge in [0.2, 0.25) is 0 Å². The minimum absolute atomic E-state index is 0.113. The van der Waals surface area contributed by atoms with Gasteiger partial charge in [-0.1, -0.05) is 12.1 Å². The highest BCUT2D eigenvalue weighted by atomic mass is 79.9. The van der Waals surface area contributed by atoms with Crippen LogP contribution < -0.4 is 5.56 Å². The summed E-state index contributed by atoms with van der Waals surface area (Å²) in [5.74, 6) is 0. The summed E-state index contributed by atoms with van der Waals surface area (Å²) in [6, 6.07) is 10.1. The summed E-state index contributed by atoms with van der Waals surface area (Å²) in [7, 11) is 1.77. The summed E-state index contributed by atoms with van der Waals surface area (Å²) < 4.78 is 5.61. The van der Waals surface area contributed by atoms with Gasteiger partial charge in [-0.05, 0) is 53.5 Å². The largest absolute Gasteiger partial charge is 0.294 e. The molecule has 0 aliphatic heterocycles. The molecule has 0 atom stereocenters. The fourth-order valence-electron chi connectivity index (χ4n) is 3.08. The lowest BCUT2D eigenvalue weighted by Crippen LogP contribution is -2.21. The molecule has 0 radical (unpaired) electrons. The molecule has 0 fully saturated rings. The van der Waals surface area contributed by atoms with Crippen molar-refractivity contribution in [2.45, 2.75) is 20.4 Å². The van der Waals surface area contributed by atoms with Gasteiger partial charge in [0, 0.05) is 12.7 Å². The van der Waals surface area contributed by atoms with Gasteiger partial charge in [0.25, 0.3) is 5.56 Å². The number of hydrogen-bond donors (Lipinski definition) is 0. The summed E-state index contributed by atoms with van der Waals surface area (Å²) in [6.07, 6.45) is 1.56. The summed E-state index contributed by atoms with van der Waals surface area (Å²) in [5.41, 5.74) is 4.53. The number of benzene rings is 1. The van der Waals surface area contributed by atoms with E-state index in [0.29, 0.717) is 22.2 Å². The summed E-state index contributed by atoms with van der Waals surface area (Å²) in [5, 5.41) is 9.19. The maximum Gasteiger partial charge on any atom is 0.265 e. The van der Waals surface area contributed by atoms with Crippen molar-refractivity contribution >= 4 is 27.0 Å². The molecule has 0 amide bonds. The molecular weight excluding hydrogens is 396 g/mol. The molecule has 0 spiro atoms. The molecule has 132 valence electrons. The first-order valence-corrected chi connectivity index (χ1v) is 8.93. The molecule has 3 heterocycles. The Labute approximate surface area is 158 Å². The highest BCUT2D eigenvalue weighted by Gasteiger charge is 2.13. The predicted molar refractivity (Wildman–Crippen MR) is 103 cm³/mol. The zero-order valence-electron chi connectivity index (χ0n) is 14.6. The van der Waals surface area contributed by atoms with E-state index in [0.717, 1.165) is 22.6 Å². The molecule has 3 aromatic heterocycles. The highest BCUT2D eigenvalue weighted by molar-refractivity contribution is 9.10. The van der Waals surface area contributed by atoms with Crippen molar-refractivity contribution < 1.29 is 0 Å². The van der Waals surface area contributed by atoms with Gasteiger partial charge < -0.3 is 0 Å². The molecule has 0 aliphatic rings. The van der Waals surface area contributed by atoms with Crippen LogP contribution in [0.2, 0.25) is 0 Å². The van der Waals surface area contributed by atoms with Gasteiger partial charge in [-0.3, -0.25) is 9.36 Å². The van der Waals surface area contributed by atoms with Crippen molar-refractivity contribution in [3.8, 4) is 5.69 Å². The quantitative estimate of drug-likeness (QED) is 0.518. The number of rotatable bonds is 3. The molecule has 0 saturated carbocycles. The second-order valence-electron chi connectivity index (χ2n) is 6.30. The van der Waals surface area contributed by atoms with E-state index in [1.165, 1.54) is 0 Å². The summed E-state index contributed by atoms with van der Waals surface area (Å²) >= 11 is 3.34. The van der Waals surface area contributed by atoms with E-state index in [9.17, 15) is 4.79 Å². The van der Waals surface area contributed by atoms with Crippen LogP contribution in [-0.4, -0.2) is 29.1 Å². The average molecular weight is 413 g/mol. The molecule has 0 N–H and O–H groups in total. The normalized spacial score (nSPS) is 11.4. The Morgan fingerprint density at radius 2 is 1.85 bits per heavy atom. The molecular formula is C18H17BrN6O. The van der Waals surface area contributed by atoms with Crippen LogP contribution in [0.5, 0.6) is 0 Å². The Morgan fingerprint density at radius 3 is 2.50 bits per heavy atom. The van der Waals surface area contributed by atoms with Gasteiger partial charge >= 0.3 is 0 Å². The molecule has 4 rings (SSSR count). The van der Waals surface area contributed by atoms with E-state index in [1.807, 2.05) is 48.9 Å². The first-order chi connectivity index (χ1) is 12.4. The van der Waals surface area contributed by atoms with E-state index in [1.54, 1.807) is 22.6 Å². The van der Waals surface area contributed by atoms with Gasteiger partial charge in [0.15, 0.2) is 5.65 Å². The van der Waals surface area contributed by atoms with Crippen molar-refractivity contribution in [2.24, 2.45) is 7.05 Å². The Morgan fingerprint density at radius 1 is 1.12 bits per heavy atom. The lowest BCUT2D eigenvalue weighted by Gasteiger charge is -2.08. The smallest absolute Gasteiger partial charge is 0.265 e. The van der Waals surface area contributed by atoms with Crippen LogP contribution in [0.4, 0.5) is 0 Å². The Bertz CT molecular complexity index is 1170. The number of halogens is 1. The topological polar surface area (TPSA) is 70.5 Å².